The molecule has 0 saturated heterocycles. The highest BCUT2D eigenvalue weighted by molar-refractivity contribution is 5.91. The number of carbonyl (C=O) groups excluding carboxylic acids is 1. The van der Waals surface area contributed by atoms with Crippen LogP contribution < -0.4 is 15.4 Å². The molecule has 0 bridgehead atoms. The van der Waals surface area contributed by atoms with Crippen LogP contribution in [-0.2, 0) is 11.7 Å². The van der Waals surface area contributed by atoms with Crippen LogP contribution in [0.25, 0.3) is 0 Å². The summed E-state index contributed by atoms with van der Waals surface area (Å²) < 4.78 is 44.1. The SMILES string of the molecule is COc1ccc(C2(NC(=O)Nc3ccccc3C(F)(F)F)CC2)cc1. The Labute approximate surface area is 143 Å². The fourth-order valence-corrected chi connectivity index (χ4v) is 2.73. The van der Waals surface area contributed by atoms with E-state index in [0.717, 1.165) is 24.5 Å². The van der Waals surface area contributed by atoms with Crippen LogP contribution in [0.2, 0.25) is 0 Å². The third-order valence-electron chi connectivity index (χ3n) is 4.23. The minimum atomic E-state index is -4.53. The summed E-state index contributed by atoms with van der Waals surface area (Å²) in [4.78, 5) is 12.2. The van der Waals surface area contributed by atoms with E-state index in [0.29, 0.717) is 5.75 Å². The molecule has 2 aromatic rings. The molecule has 1 saturated carbocycles. The highest BCUT2D eigenvalue weighted by Crippen LogP contribution is 2.46. The van der Waals surface area contributed by atoms with E-state index in [4.69, 9.17) is 4.74 Å². The van der Waals surface area contributed by atoms with Crippen molar-refractivity contribution in [2.75, 3.05) is 12.4 Å². The lowest BCUT2D eigenvalue weighted by Gasteiger charge is -2.20. The van der Waals surface area contributed by atoms with Crippen LogP contribution in [0.5, 0.6) is 5.75 Å². The van der Waals surface area contributed by atoms with Crippen molar-refractivity contribution < 1.29 is 22.7 Å². The van der Waals surface area contributed by atoms with Crippen LogP contribution >= 0.6 is 0 Å². The molecule has 2 N–H and O–H groups in total. The van der Waals surface area contributed by atoms with E-state index in [-0.39, 0.29) is 5.69 Å². The summed E-state index contributed by atoms with van der Waals surface area (Å²) >= 11 is 0. The zero-order valence-electron chi connectivity index (χ0n) is 13.5. The molecule has 1 aliphatic rings. The van der Waals surface area contributed by atoms with E-state index in [1.807, 2.05) is 12.1 Å². The Balaban J connectivity index is 1.73. The second kappa shape index (κ2) is 6.31. The first-order chi connectivity index (χ1) is 11.8. The summed E-state index contributed by atoms with van der Waals surface area (Å²) in [7, 11) is 1.56. The summed E-state index contributed by atoms with van der Waals surface area (Å²) in [6, 6.07) is 11.5. The number of rotatable bonds is 4. The van der Waals surface area contributed by atoms with Crippen LogP contribution in [-0.4, -0.2) is 13.1 Å². The van der Waals surface area contributed by atoms with Crippen LogP contribution in [0, 0.1) is 0 Å². The molecule has 1 aliphatic carbocycles. The number of halogens is 3. The first-order valence-corrected chi connectivity index (χ1v) is 7.74. The number of nitrogens with one attached hydrogen (secondary N) is 2. The predicted molar refractivity (Wildman–Crippen MR) is 87.5 cm³/mol. The van der Waals surface area contributed by atoms with Gasteiger partial charge in [0.05, 0.1) is 23.9 Å². The highest BCUT2D eigenvalue weighted by Gasteiger charge is 2.46. The molecule has 0 atom stereocenters. The maximum atomic E-state index is 13.0. The molecule has 0 radical (unpaired) electrons. The molecule has 2 amide bonds. The monoisotopic (exact) mass is 350 g/mol. The van der Waals surface area contributed by atoms with Crippen molar-refractivity contribution in [3.05, 3.63) is 59.7 Å². The molecule has 4 nitrogen and oxygen atoms in total. The smallest absolute Gasteiger partial charge is 0.418 e. The van der Waals surface area contributed by atoms with E-state index in [2.05, 4.69) is 10.6 Å². The lowest BCUT2D eigenvalue weighted by atomic mass is 10.1. The first-order valence-electron chi connectivity index (χ1n) is 7.74. The average Bonchev–Trinajstić information content (AvgIpc) is 3.35. The Hall–Kier alpha value is -2.70. The lowest BCUT2D eigenvalue weighted by Crippen LogP contribution is -2.38. The van der Waals surface area contributed by atoms with E-state index in [9.17, 15) is 18.0 Å². The number of benzene rings is 2. The normalized spacial score (nSPS) is 15.4. The molecule has 0 unspecified atom stereocenters. The van der Waals surface area contributed by atoms with Gasteiger partial charge in [0, 0.05) is 0 Å². The van der Waals surface area contributed by atoms with Crippen LogP contribution in [0.15, 0.2) is 48.5 Å². The van der Waals surface area contributed by atoms with Crippen molar-refractivity contribution in [3.63, 3.8) is 0 Å². The number of alkyl halides is 3. The largest absolute Gasteiger partial charge is 0.497 e. The Bertz CT molecular complexity index is 769. The first kappa shape index (κ1) is 17.1. The average molecular weight is 350 g/mol. The molecule has 0 aromatic heterocycles. The molecule has 7 heteroatoms. The van der Waals surface area contributed by atoms with Crippen molar-refractivity contribution in [2.24, 2.45) is 0 Å². The number of urea groups is 1. The molecule has 0 spiro atoms. The standard InChI is InChI=1S/C18H17F3N2O2/c1-25-13-8-6-12(7-9-13)17(10-11-17)23-16(24)22-15-5-3-2-4-14(15)18(19,20)21/h2-9H,10-11H2,1H3,(H2,22,23,24). The van der Waals surface area contributed by atoms with Gasteiger partial charge in [0.15, 0.2) is 0 Å². The topological polar surface area (TPSA) is 50.4 Å². The molecule has 25 heavy (non-hydrogen) atoms. The minimum absolute atomic E-state index is 0.266. The number of anilines is 1. The molecular formula is C18H17F3N2O2. The zero-order chi connectivity index (χ0) is 18.1. The third-order valence-corrected chi connectivity index (χ3v) is 4.23. The fraction of sp³-hybridized carbons (Fsp3) is 0.278. The Morgan fingerprint density at radius 1 is 1.08 bits per heavy atom. The Morgan fingerprint density at radius 3 is 2.28 bits per heavy atom. The lowest BCUT2D eigenvalue weighted by molar-refractivity contribution is -0.136. The minimum Gasteiger partial charge on any atom is -0.497 e. The molecule has 132 valence electrons. The number of methoxy groups -OCH3 is 1. The summed E-state index contributed by atoms with van der Waals surface area (Å²) in [5, 5.41) is 5.10. The second-order valence-corrected chi connectivity index (χ2v) is 5.93. The quantitative estimate of drug-likeness (QED) is 0.851. The van der Waals surface area contributed by atoms with E-state index >= 15 is 0 Å². The van der Waals surface area contributed by atoms with Gasteiger partial charge < -0.3 is 15.4 Å². The van der Waals surface area contributed by atoms with E-state index < -0.39 is 23.3 Å². The van der Waals surface area contributed by atoms with E-state index in [1.165, 1.54) is 18.2 Å². The molecule has 0 aliphatic heterocycles. The van der Waals surface area contributed by atoms with Crippen LogP contribution in [0.4, 0.5) is 23.7 Å². The molecule has 0 heterocycles. The molecule has 1 fully saturated rings. The van der Waals surface area contributed by atoms with E-state index in [1.54, 1.807) is 19.2 Å². The second-order valence-electron chi connectivity index (χ2n) is 5.93. The van der Waals surface area contributed by atoms with Gasteiger partial charge >= 0.3 is 12.2 Å². The van der Waals surface area contributed by atoms with Gasteiger partial charge in [-0.15, -0.1) is 0 Å². The highest BCUT2D eigenvalue weighted by atomic mass is 19.4. The van der Waals surface area contributed by atoms with Gasteiger partial charge in [-0.1, -0.05) is 24.3 Å². The number of hydrogen-bond acceptors (Lipinski definition) is 2. The number of amides is 2. The molecule has 3 rings (SSSR count). The van der Waals surface area contributed by atoms with Crippen molar-refractivity contribution in [1.29, 1.82) is 0 Å². The van der Waals surface area contributed by atoms with Crippen LogP contribution in [0.1, 0.15) is 24.0 Å². The predicted octanol–water partition coefficient (Wildman–Crippen LogP) is 4.52. The maximum absolute atomic E-state index is 13.0. The van der Waals surface area contributed by atoms with Crippen LogP contribution in [0.3, 0.4) is 0 Å². The van der Waals surface area contributed by atoms with Gasteiger partial charge in [0.1, 0.15) is 5.75 Å². The summed E-state index contributed by atoms with van der Waals surface area (Å²) in [5.41, 5.74) is -0.784. The molecular weight excluding hydrogens is 333 g/mol. The van der Waals surface area contributed by atoms with Gasteiger partial charge in [-0.3, -0.25) is 0 Å². The summed E-state index contributed by atoms with van der Waals surface area (Å²) in [6.45, 7) is 0. The zero-order valence-corrected chi connectivity index (χ0v) is 13.5. The third kappa shape index (κ3) is 3.70. The van der Waals surface area contributed by atoms with Crippen molar-refractivity contribution in [3.8, 4) is 5.75 Å². The number of hydrogen-bond donors (Lipinski definition) is 2. The van der Waals surface area contributed by atoms with Crippen molar-refractivity contribution >= 4 is 11.7 Å². The van der Waals surface area contributed by atoms with Gasteiger partial charge in [-0.2, -0.15) is 13.2 Å². The summed E-state index contributed by atoms with van der Waals surface area (Å²) in [5.74, 6) is 0.697. The van der Waals surface area contributed by atoms with Gasteiger partial charge in [-0.05, 0) is 42.7 Å². The summed E-state index contributed by atoms with van der Waals surface area (Å²) in [6.07, 6.45) is -3.07. The van der Waals surface area contributed by atoms with Crippen molar-refractivity contribution in [2.45, 2.75) is 24.6 Å². The Kier molecular flexibility index (Phi) is 4.32. The van der Waals surface area contributed by atoms with Gasteiger partial charge in [-0.25, -0.2) is 4.79 Å². The number of carbonyl (C=O) groups is 1. The molecule has 2 aromatic carbocycles. The number of para-hydroxylation sites is 1. The Morgan fingerprint density at radius 2 is 1.72 bits per heavy atom. The van der Waals surface area contributed by atoms with Gasteiger partial charge in [0.2, 0.25) is 0 Å². The van der Waals surface area contributed by atoms with Crippen molar-refractivity contribution in [1.82, 2.24) is 5.32 Å². The maximum Gasteiger partial charge on any atom is 0.418 e. The van der Waals surface area contributed by atoms with Gasteiger partial charge in [0.25, 0.3) is 0 Å². The fourth-order valence-electron chi connectivity index (χ4n) is 2.73. The number of ether oxygens (including phenoxy) is 1.